The van der Waals surface area contributed by atoms with Crippen LogP contribution >= 0.6 is 0 Å². The molecule has 0 spiro atoms. The topological polar surface area (TPSA) is 61.4 Å². The number of rotatable bonds is 4. The van der Waals surface area contributed by atoms with E-state index in [4.69, 9.17) is 0 Å². The number of amides is 3. The highest BCUT2D eigenvalue weighted by Gasteiger charge is 2.31. The molecule has 4 rings (SSSR count). The number of aryl methyl sites for hydroxylation is 1. The van der Waals surface area contributed by atoms with E-state index in [1.165, 1.54) is 0 Å². The number of nitrogens with one attached hydrogen (secondary N) is 2. The molecular formula is C24H23N3O2. The van der Waals surface area contributed by atoms with Crippen molar-refractivity contribution in [3.8, 4) is 11.1 Å². The molecule has 1 unspecified atom stereocenters. The number of anilines is 2. The van der Waals surface area contributed by atoms with E-state index in [9.17, 15) is 9.59 Å². The van der Waals surface area contributed by atoms with Gasteiger partial charge >= 0.3 is 6.03 Å². The molecular weight excluding hydrogens is 362 g/mol. The second kappa shape index (κ2) is 8.19. The van der Waals surface area contributed by atoms with E-state index in [1.807, 2.05) is 85.8 Å². The number of nitrogens with zero attached hydrogens (tertiary/aromatic N) is 1. The van der Waals surface area contributed by atoms with Gasteiger partial charge in [-0.3, -0.25) is 4.79 Å². The Hall–Kier alpha value is -3.60. The Morgan fingerprint density at radius 3 is 2.38 bits per heavy atom. The van der Waals surface area contributed by atoms with Gasteiger partial charge in [0.1, 0.15) is 0 Å². The van der Waals surface area contributed by atoms with Gasteiger partial charge in [0.05, 0.1) is 11.7 Å². The molecule has 1 saturated heterocycles. The number of urea groups is 1. The lowest BCUT2D eigenvalue weighted by Gasteiger charge is -2.18. The quantitative estimate of drug-likeness (QED) is 0.690. The number of carbonyl (C=O) groups is 2. The Morgan fingerprint density at radius 1 is 0.931 bits per heavy atom. The lowest BCUT2D eigenvalue weighted by atomic mass is 10.0. The normalized spacial score (nSPS) is 16.0. The Labute approximate surface area is 170 Å². The third-order valence-electron chi connectivity index (χ3n) is 5.07. The predicted molar refractivity (Wildman–Crippen MR) is 116 cm³/mol. The van der Waals surface area contributed by atoms with E-state index in [2.05, 4.69) is 10.6 Å². The summed E-state index contributed by atoms with van der Waals surface area (Å²) in [5.41, 5.74) is 4.72. The van der Waals surface area contributed by atoms with E-state index < -0.39 is 0 Å². The second-order valence-corrected chi connectivity index (χ2v) is 7.25. The number of carbonyl (C=O) groups excluding carboxylic acids is 2. The number of para-hydroxylation sites is 1. The summed E-state index contributed by atoms with van der Waals surface area (Å²) in [5, 5.41) is 5.87. The first kappa shape index (κ1) is 18.7. The first-order valence-electron chi connectivity index (χ1n) is 9.69. The van der Waals surface area contributed by atoms with Crippen molar-refractivity contribution >= 4 is 23.3 Å². The third-order valence-corrected chi connectivity index (χ3v) is 5.07. The molecule has 1 atom stereocenters. The molecule has 0 bridgehead atoms. The smallest absolute Gasteiger partial charge is 0.319 e. The fourth-order valence-electron chi connectivity index (χ4n) is 3.58. The van der Waals surface area contributed by atoms with Crippen molar-refractivity contribution in [2.75, 3.05) is 16.8 Å². The van der Waals surface area contributed by atoms with Gasteiger partial charge in [-0.2, -0.15) is 0 Å². The van der Waals surface area contributed by atoms with Crippen LogP contribution in [0.1, 0.15) is 12.0 Å². The van der Waals surface area contributed by atoms with Gasteiger partial charge in [-0.1, -0.05) is 66.2 Å². The minimum Gasteiger partial charge on any atom is -0.333 e. The van der Waals surface area contributed by atoms with Gasteiger partial charge < -0.3 is 15.5 Å². The fraction of sp³-hybridized carbons (Fsp3) is 0.167. The zero-order valence-corrected chi connectivity index (χ0v) is 16.3. The van der Waals surface area contributed by atoms with Crippen LogP contribution in [0.3, 0.4) is 0 Å². The first-order valence-corrected chi connectivity index (χ1v) is 9.69. The van der Waals surface area contributed by atoms with Crippen LogP contribution in [-0.2, 0) is 4.79 Å². The van der Waals surface area contributed by atoms with Crippen molar-refractivity contribution in [3.05, 3.63) is 84.4 Å². The lowest BCUT2D eigenvalue weighted by molar-refractivity contribution is -0.117. The van der Waals surface area contributed by atoms with Gasteiger partial charge in [0.15, 0.2) is 0 Å². The highest BCUT2D eigenvalue weighted by molar-refractivity contribution is 5.98. The number of hydrogen-bond donors (Lipinski definition) is 2. The molecule has 5 nitrogen and oxygen atoms in total. The molecule has 5 heteroatoms. The summed E-state index contributed by atoms with van der Waals surface area (Å²) in [6.45, 7) is 2.48. The fourth-order valence-corrected chi connectivity index (χ4v) is 3.58. The molecule has 1 aliphatic heterocycles. The summed E-state index contributed by atoms with van der Waals surface area (Å²) >= 11 is 0. The maximum atomic E-state index is 12.6. The third kappa shape index (κ3) is 4.29. The van der Waals surface area contributed by atoms with Crippen LogP contribution < -0.4 is 15.5 Å². The second-order valence-electron chi connectivity index (χ2n) is 7.25. The molecule has 1 heterocycles. The molecule has 0 aliphatic carbocycles. The van der Waals surface area contributed by atoms with E-state index in [0.717, 1.165) is 28.1 Å². The van der Waals surface area contributed by atoms with Crippen molar-refractivity contribution < 1.29 is 9.59 Å². The van der Waals surface area contributed by atoms with Gasteiger partial charge in [-0.25, -0.2) is 4.79 Å². The Balaban J connectivity index is 1.42. The molecule has 2 N–H and O–H groups in total. The largest absolute Gasteiger partial charge is 0.333 e. The highest BCUT2D eigenvalue weighted by atomic mass is 16.2. The van der Waals surface area contributed by atoms with Crippen molar-refractivity contribution in [1.29, 1.82) is 0 Å². The summed E-state index contributed by atoms with van der Waals surface area (Å²) in [5.74, 6) is 0.0174. The van der Waals surface area contributed by atoms with Crippen molar-refractivity contribution in [1.82, 2.24) is 5.32 Å². The van der Waals surface area contributed by atoms with Gasteiger partial charge in [0.25, 0.3) is 0 Å². The SMILES string of the molecule is Cc1ccc(N2CC(NC(=O)Nc3ccccc3-c3ccccc3)CC2=O)cc1. The van der Waals surface area contributed by atoms with Crippen LogP contribution in [0.5, 0.6) is 0 Å². The molecule has 29 heavy (non-hydrogen) atoms. The standard InChI is InChI=1S/C24H23N3O2/c1-17-11-13-20(14-12-17)27-16-19(15-23(27)28)25-24(29)26-22-10-6-5-9-21(22)18-7-3-2-4-8-18/h2-14,19H,15-16H2,1H3,(H2,25,26,29). The first-order chi connectivity index (χ1) is 14.1. The Bertz CT molecular complexity index is 1020. The summed E-state index contributed by atoms with van der Waals surface area (Å²) in [6.07, 6.45) is 0.293. The van der Waals surface area contributed by atoms with Gasteiger partial charge in [-0.05, 0) is 30.7 Å². The molecule has 0 saturated carbocycles. The minimum absolute atomic E-state index is 0.0174. The zero-order valence-electron chi connectivity index (χ0n) is 16.3. The van der Waals surface area contributed by atoms with Gasteiger partial charge in [0, 0.05) is 24.2 Å². The van der Waals surface area contributed by atoms with Crippen LogP contribution in [0, 0.1) is 6.92 Å². The maximum Gasteiger partial charge on any atom is 0.319 e. The lowest BCUT2D eigenvalue weighted by Crippen LogP contribution is -2.39. The van der Waals surface area contributed by atoms with Crippen molar-refractivity contribution in [2.24, 2.45) is 0 Å². The van der Waals surface area contributed by atoms with Gasteiger partial charge in [-0.15, -0.1) is 0 Å². The van der Waals surface area contributed by atoms with Crippen molar-refractivity contribution in [2.45, 2.75) is 19.4 Å². The molecule has 3 aromatic rings. The van der Waals surface area contributed by atoms with Crippen LogP contribution in [-0.4, -0.2) is 24.5 Å². The summed E-state index contributed by atoms with van der Waals surface area (Å²) in [6, 6.07) is 24.9. The van der Waals surface area contributed by atoms with Crippen LogP contribution in [0.4, 0.5) is 16.2 Å². The molecule has 146 valence electrons. The number of benzene rings is 3. The summed E-state index contributed by atoms with van der Waals surface area (Å²) in [7, 11) is 0. The monoisotopic (exact) mass is 385 g/mol. The van der Waals surface area contributed by atoms with Crippen LogP contribution in [0.25, 0.3) is 11.1 Å². The van der Waals surface area contributed by atoms with Crippen LogP contribution in [0.15, 0.2) is 78.9 Å². The van der Waals surface area contributed by atoms with E-state index in [-0.39, 0.29) is 18.0 Å². The average Bonchev–Trinajstić information content (AvgIpc) is 3.09. The van der Waals surface area contributed by atoms with Crippen LogP contribution in [0.2, 0.25) is 0 Å². The van der Waals surface area contributed by atoms with Crippen molar-refractivity contribution in [3.63, 3.8) is 0 Å². The van der Waals surface area contributed by atoms with E-state index >= 15 is 0 Å². The zero-order chi connectivity index (χ0) is 20.2. The molecule has 0 radical (unpaired) electrons. The molecule has 1 aliphatic rings. The predicted octanol–water partition coefficient (Wildman–Crippen LogP) is 4.59. The summed E-state index contributed by atoms with van der Waals surface area (Å²) in [4.78, 5) is 26.7. The molecule has 1 fully saturated rings. The highest BCUT2D eigenvalue weighted by Crippen LogP contribution is 2.27. The van der Waals surface area contributed by atoms with E-state index in [1.54, 1.807) is 4.90 Å². The summed E-state index contributed by atoms with van der Waals surface area (Å²) < 4.78 is 0. The average molecular weight is 385 g/mol. The molecule has 3 aromatic carbocycles. The minimum atomic E-state index is -0.308. The maximum absolute atomic E-state index is 12.6. The molecule has 0 aromatic heterocycles. The number of hydrogen-bond acceptors (Lipinski definition) is 2. The molecule has 3 amide bonds. The van der Waals surface area contributed by atoms with E-state index in [0.29, 0.717) is 13.0 Å². The Morgan fingerprint density at radius 2 is 1.62 bits per heavy atom. The van der Waals surface area contributed by atoms with Gasteiger partial charge in [0.2, 0.25) is 5.91 Å². The Kier molecular flexibility index (Phi) is 5.29.